The summed E-state index contributed by atoms with van der Waals surface area (Å²) in [6, 6.07) is 11.6. The third-order valence-corrected chi connectivity index (χ3v) is 11.2. The summed E-state index contributed by atoms with van der Waals surface area (Å²) in [7, 11) is 0. The molecule has 0 radical (unpaired) electrons. The van der Waals surface area contributed by atoms with E-state index in [2.05, 4.69) is 36.3 Å². The maximum Gasteiger partial charge on any atom is 0.401 e. The number of nitrogens with zero attached hydrogens (tertiary/aromatic N) is 6. The van der Waals surface area contributed by atoms with Crippen molar-refractivity contribution in [2.24, 2.45) is 5.92 Å². The summed E-state index contributed by atoms with van der Waals surface area (Å²) in [4.78, 5) is 25.8. The van der Waals surface area contributed by atoms with Gasteiger partial charge in [0.25, 0.3) is 5.91 Å². The molecule has 5 aliphatic heterocycles. The van der Waals surface area contributed by atoms with E-state index in [-0.39, 0.29) is 5.91 Å². The Hall–Kier alpha value is -4.36. The maximum atomic E-state index is 13.7. The molecule has 49 heavy (non-hydrogen) atoms. The number of H-pyrrole nitrogens is 1. The number of alkyl halides is 3. The number of carbonyl (C=O) groups is 1. The SMILES string of the molecule is O=C1NCc2cc3c(cc21)OCC1CN(CC2CCN(c4ccc(C5c6ccc7[nH]ncc7c6CCN5CC(F)(F)F)cn4)CC2)CCN31. The lowest BCUT2D eigenvalue weighted by Gasteiger charge is -2.47. The van der Waals surface area contributed by atoms with E-state index < -0.39 is 18.8 Å². The van der Waals surface area contributed by atoms with Gasteiger partial charge in [0.2, 0.25) is 0 Å². The van der Waals surface area contributed by atoms with Crippen molar-refractivity contribution in [1.82, 2.24) is 30.3 Å². The average Bonchev–Trinajstić information content (AvgIpc) is 3.73. The maximum absolute atomic E-state index is 13.7. The standard InChI is InChI=1S/C36H39F3N8O2/c37-36(38,39)21-46-10-7-26-27(2-3-30-29(26)17-42-43-30)34(46)23-1-4-33(40-15-23)45-8-5-22(6-9-45)18-44-11-12-47-25(19-44)20-49-32-14-28-24(13-31(32)47)16-41-35(28)48/h1-4,13-15,17,22,25,34H,5-12,16,18-21H2,(H,41,48)(H,42,43). The normalized spacial score (nSPS) is 23.1. The first kappa shape index (κ1) is 30.7. The zero-order chi connectivity index (χ0) is 33.3. The first-order valence-corrected chi connectivity index (χ1v) is 17.3. The number of nitrogens with one attached hydrogen (secondary N) is 2. The fraction of sp³-hybridized carbons (Fsp3) is 0.472. The average molecular weight is 673 g/mol. The van der Waals surface area contributed by atoms with Crippen LogP contribution in [0.1, 0.15) is 51.5 Å². The van der Waals surface area contributed by atoms with Gasteiger partial charge in [0, 0.05) is 69.5 Å². The minimum absolute atomic E-state index is 0.0225. The van der Waals surface area contributed by atoms with Gasteiger partial charge >= 0.3 is 6.18 Å². The summed E-state index contributed by atoms with van der Waals surface area (Å²) in [5, 5.41) is 11.0. The molecule has 4 aromatic rings. The van der Waals surface area contributed by atoms with E-state index in [1.54, 1.807) is 12.4 Å². The molecular formula is C36H39F3N8O2. The Bertz CT molecular complexity index is 1890. The second-order valence-electron chi connectivity index (χ2n) is 14.2. The van der Waals surface area contributed by atoms with Crippen LogP contribution in [0.4, 0.5) is 24.7 Å². The van der Waals surface area contributed by atoms with Crippen LogP contribution in [0.5, 0.6) is 5.75 Å². The molecule has 2 N–H and O–H groups in total. The van der Waals surface area contributed by atoms with Crippen molar-refractivity contribution >= 4 is 28.3 Å². The van der Waals surface area contributed by atoms with Crippen molar-refractivity contribution in [3.05, 3.63) is 76.6 Å². The van der Waals surface area contributed by atoms with Crippen LogP contribution in [0.15, 0.2) is 48.8 Å². The molecule has 5 aliphatic rings. The first-order valence-electron chi connectivity index (χ1n) is 17.3. The minimum atomic E-state index is -4.29. The Kier molecular flexibility index (Phi) is 7.45. The third-order valence-electron chi connectivity index (χ3n) is 11.2. The van der Waals surface area contributed by atoms with E-state index in [9.17, 15) is 18.0 Å². The highest BCUT2D eigenvalue weighted by molar-refractivity contribution is 5.99. The van der Waals surface area contributed by atoms with Gasteiger partial charge in [-0.3, -0.25) is 19.7 Å². The van der Waals surface area contributed by atoms with Gasteiger partial charge in [-0.15, -0.1) is 0 Å². The molecule has 2 aromatic carbocycles. The molecule has 2 atom stereocenters. The molecule has 2 aromatic heterocycles. The monoisotopic (exact) mass is 672 g/mol. The highest BCUT2D eigenvalue weighted by atomic mass is 19.4. The van der Waals surface area contributed by atoms with Crippen LogP contribution >= 0.6 is 0 Å². The van der Waals surface area contributed by atoms with Crippen LogP contribution in [0, 0.1) is 5.92 Å². The van der Waals surface area contributed by atoms with Crippen molar-refractivity contribution in [3.8, 4) is 5.75 Å². The van der Waals surface area contributed by atoms with E-state index >= 15 is 0 Å². The fourth-order valence-electron chi connectivity index (χ4n) is 8.77. The van der Waals surface area contributed by atoms with Crippen molar-refractivity contribution in [2.45, 2.75) is 44.1 Å². The molecular weight excluding hydrogens is 633 g/mol. The molecule has 13 heteroatoms. The summed E-state index contributed by atoms with van der Waals surface area (Å²) in [6.07, 6.45) is 1.92. The van der Waals surface area contributed by atoms with Gasteiger partial charge in [0.15, 0.2) is 0 Å². The number of piperazine rings is 1. The molecule has 0 bridgehead atoms. The Morgan fingerprint density at radius 1 is 1.00 bits per heavy atom. The van der Waals surface area contributed by atoms with Gasteiger partial charge in [0.1, 0.15) is 18.2 Å². The number of piperidine rings is 1. The van der Waals surface area contributed by atoms with Crippen LogP contribution in [0.3, 0.4) is 0 Å². The van der Waals surface area contributed by atoms with E-state index in [4.69, 9.17) is 9.72 Å². The topological polar surface area (TPSA) is 92.9 Å². The minimum Gasteiger partial charge on any atom is -0.489 e. The van der Waals surface area contributed by atoms with Crippen LogP contribution < -0.4 is 19.9 Å². The van der Waals surface area contributed by atoms with Crippen molar-refractivity contribution in [1.29, 1.82) is 0 Å². The van der Waals surface area contributed by atoms with Crippen molar-refractivity contribution < 1.29 is 22.7 Å². The molecule has 2 fully saturated rings. The molecule has 1 amide bonds. The fourth-order valence-corrected chi connectivity index (χ4v) is 8.77. The predicted octanol–water partition coefficient (Wildman–Crippen LogP) is 4.51. The molecule has 0 aliphatic carbocycles. The van der Waals surface area contributed by atoms with Gasteiger partial charge in [-0.05, 0) is 71.7 Å². The number of pyridine rings is 1. The third kappa shape index (κ3) is 5.66. The summed E-state index contributed by atoms with van der Waals surface area (Å²) in [5.41, 5.74) is 6.50. The Morgan fingerprint density at radius 2 is 1.88 bits per heavy atom. The van der Waals surface area contributed by atoms with E-state index in [1.807, 2.05) is 30.3 Å². The highest BCUT2D eigenvalue weighted by Gasteiger charge is 2.39. The number of hydrogen-bond acceptors (Lipinski definition) is 8. The number of ether oxygens (including phenoxy) is 1. The van der Waals surface area contributed by atoms with Gasteiger partial charge < -0.3 is 19.9 Å². The first-order chi connectivity index (χ1) is 23.8. The largest absolute Gasteiger partial charge is 0.489 e. The van der Waals surface area contributed by atoms with Crippen LogP contribution in [0.25, 0.3) is 10.9 Å². The zero-order valence-corrected chi connectivity index (χ0v) is 27.2. The van der Waals surface area contributed by atoms with Crippen LogP contribution in [0.2, 0.25) is 0 Å². The number of amides is 1. The quantitative estimate of drug-likeness (QED) is 0.320. The number of benzene rings is 2. The lowest BCUT2D eigenvalue weighted by Crippen LogP contribution is -2.58. The van der Waals surface area contributed by atoms with Crippen LogP contribution in [-0.4, -0.2) is 102 Å². The smallest absolute Gasteiger partial charge is 0.401 e. The lowest BCUT2D eigenvalue weighted by atomic mass is 9.87. The van der Waals surface area contributed by atoms with Crippen LogP contribution in [-0.2, 0) is 13.0 Å². The summed E-state index contributed by atoms with van der Waals surface area (Å²) >= 11 is 0. The summed E-state index contributed by atoms with van der Waals surface area (Å²) in [5.74, 6) is 2.26. The van der Waals surface area contributed by atoms with E-state index in [0.29, 0.717) is 38.1 Å². The zero-order valence-electron chi connectivity index (χ0n) is 27.2. The van der Waals surface area contributed by atoms with Gasteiger partial charge in [-0.25, -0.2) is 4.98 Å². The second kappa shape index (κ2) is 11.9. The molecule has 10 nitrogen and oxygen atoms in total. The molecule has 2 saturated heterocycles. The molecule has 256 valence electrons. The van der Waals surface area contributed by atoms with Gasteiger partial charge in [-0.1, -0.05) is 12.1 Å². The molecule has 2 unspecified atom stereocenters. The molecule has 7 heterocycles. The highest BCUT2D eigenvalue weighted by Crippen LogP contribution is 2.41. The number of aromatic amines is 1. The van der Waals surface area contributed by atoms with E-state index in [1.165, 1.54) is 4.90 Å². The lowest BCUT2D eigenvalue weighted by molar-refractivity contribution is -0.150. The Balaban J connectivity index is 0.837. The Morgan fingerprint density at radius 3 is 2.69 bits per heavy atom. The van der Waals surface area contributed by atoms with Gasteiger partial charge in [0.05, 0.1) is 36.0 Å². The van der Waals surface area contributed by atoms with Crippen molar-refractivity contribution in [2.75, 3.05) is 68.8 Å². The number of aromatic nitrogens is 3. The number of anilines is 2. The molecule has 0 saturated carbocycles. The number of fused-ring (bicyclic) bond motifs is 7. The Labute approximate surface area is 282 Å². The van der Waals surface area contributed by atoms with E-state index in [0.717, 1.165) is 108 Å². The summed E-state index contributed by atoms with van der Waals surface area (Å²) in [6.45, 7) is 6.30. The number of halogens is 3. The van der Waals surface area contributed by atoms with Crippen molar-refractivity contribution in [3.63, 3.8) is 0 Å². The molecule has 0 spiro atoms. The predicted molar refractivity (Wildman–Crippen MR) is 179 cm³/mol. The number of rotatable bonds is 5. The summed E-state index contributed by atoms with van der Waals surface area (Å²) < 4.78 is 47.2. The molecule has 9 rings (SSSR count). The van der Waals surface area contributed by atoms with Gasteiger partial charge in [-0.2, -0.15) is 18.3 Å². The number of carbonyl (C=O) groups excluding carboxylic acids is 1. The second-order valence-corrected chi connectivity index (χ2v) is 14.2. The number of hydrogen-bond donors (Lipinski definition) is 2.